The second-order valence-corrected chi connectivity index (χ2v) is 24.0. The van der Waals surface area contributed by atoms with Gasteiger partial charge in [0.2, 0.25) is 0 Å². The van der Waals surface area contributed by atoms with Crippen molar-refractivity contribution in [3.8, 4) is 17.3 Å². The van der Waals surface area contributed by atoms with Crippen molar-refractivity contribution in [3.63, 3.8) is 0 Å². The van der Waals surface area contributed by atoms with Crippen LogP contribution in [0.5, 0.6) is 11.5 Å². The third-order valence-electron chi connectivity index (χ3n) is 14.6. The minimum Gasteiger partial charge on any atom is -0.509 e. The van der Waals surface area contributed by atoms with E-state index in [9.17, 15) is 0 Å². The number of rotatable bonds is 7. The molecule has 0 saturated heterocycles. The van der Waals surface area contributed by atoms with Gasteiger partial charge in [-0.25, -0.2) is 4.98 Å². The van der Waals surface area contributed by atoms with Crippen molar-refractivity contribution < 1.29 is 25.8 Å². The van der Waals surface area contributed by atoms with Gasteiger partial charge in [0.05, 0.1) is 0 Å². The smallest absolute Gasteiger partial charge is 0.322 e. The van der Waals surface area contributed by atoms with Gasteiger partial charge in [-0.2, -0.15) is 12.1 Å². The van der Waals surface area contributed by atoms with Crippen LogP contribution in [0, 0.1) is 18.8 Å². The molecule has 3 aliphatic heterocycles. The van der Waals surface area contributed by atoms with E-state index in [-0.39, 0.29) is 49.6 Å². The molecule has 8 heteroatoms. The van der Waals surface area contributed by atoms with E-state index in [4.69, 9.17) is 9.72 Å². The minimum atomic E-state index is -0.124. The molecule has 0 aliphatic carbocycles. The number of allylic oxidation sites excluding steroid dienone is 3. The molecule has 0 fully saturated rings. The molecule has 0 unspecified atom stereocenters. The summed E-state index contributed by atoms with van der Waals surface area (Å²) in [5, 5.41) is 2.23. The summed E-state index contributed by atoms with van der Waals surface area (Å²) in [6.45, 7) is 29.8. The second kappa shape index (κ2) is 18.8. The van der Waals surface area contributed by atoms with Gasteiger partial charge < -0.3 is 23.9 Å². The Balaban J connectivity index is 0.00000626. The van der Waals surface area contributed by atoms with E-state index in [0.717, 1.165) is 56.0 Å². The van der Waals surface area contributed by atoms with Crippen LogP contribution in [0.25, 0.3) is 38.7 Å². The summed E-state index contributed by atoms with van der Waals surface area (Å²) in [5.41, 5.74) is 15.8. The normalized spacial score (nSPS) is 14.9. The average Bonchev–Trinajstić information content (AvgIpc) is 3.91. The fourth-order valence-corrected chi connectivity index (χ4v) is 10.6. The van der Waals surface area contributed by atoms with Gasteiger partial charge in [0, 0.05) is 73.1 Å². The number of nitrogens with zero attached hydrogens (tertiary/aromatic N) is 5. The fourth-order valence-electron chi connectivity index (χ4n) is 10.6. The van der Waals surface area contributed by atoms with E-state index in [1.807, 2.05) is 18.3 Å². The Kier molecular flexibility index (Phi) is 12.9. The Labute approximate surface area is 454 Å². The number of aromatic nitrogens is 2. The Hall–Kier alpha value is -6.82. The Bertz CT molecular complexity index is 3570. The molecule has 74 heavy (non-hydrogen) atoms. The number of benzene rings is 6. The van der Waals surface area contributed by atoms with Crippen molar-refractivity contribution in [2.24, 2.45) is 0 Å². The van der Waals surface area contributed by atoms with Gasteiger partial charge in [-0.15, -0.1) is 48.1 Å². The predicted molar refractivity (Wildman–Crippen MR) is 307 cm³/mol. The van der Waals surface area contributed by atoms with Crippen LogP contribution < -0.4 is 14.5 Å². The Morgan fingerprint density at radius 1 is 0.581 bits per heavy atom. The van der Waals surface area contributed by atoms with Crippen LogP contribution in [-0.2, 0) is 42.7 Å². The summed E-state index contributed by atoms with van der Waals surface area (Å²) in [6.07, 6.45) is 10.9. The Morgan fingerprint density at radius 2 is 1.24 bits per heavy atom. The number of pyridine rings is 1. The summed E-state index contributed by atoms with van der Waals surface area (Å²) >= 11 is 0. The molecule has 5 heterocycles. The molecular weight excluding hydrogens is 1080 g/mol. The van der Waals surface area contributed by atoms with Gasteiger partial charge >= 0.3 is 6.85 Å². The summed E-state index contributed by atoms with van der Waals surface area (Å²) in [7, 11) is 0. The van der Waals surface area contributed by atoms with Crippen LogP contribution >= 0.6 is 0 Å². The molecule has 6 nitrogen and oxygen atoms in total. The van der Waals surface area contributed by atoms with Gasteiger partial charge in [-0.05, 0) is 109 Å². The van der Waals surface area contributed by atoms with Crippen LogP contribution in [-0.4, -0.2) is 21.2 Å². The summed E-state index contributed by atoms with van der Waals surface area (Å²) in [4.78, 5) is 12.0. The maximum absolute atomic E-state index is 6.78. The maximum atomic E-state index is 6.78. The molecule has 3 aliphatic rings. The van der Waals surface area contributed by atoms with Crippen LogP contribution in [0.1, 0.15) is 116 Å². The predicted octanol–water partition coefficient (Wildman–Crippen LogP) is 16.8. The van der Waals surface area contributed by atoms with Crippen molar-refractivity contribution in [1.29, 1.82) is 0 Å². The Morgan fingerprint density at radius 3 is 1.96 bits per heavy atom. The molecule has 0 spiro atoms. The first kappa shape index (κ1) is 50.7. The molecule has 0 radical (unpaired) electrons. The van der Waals surface area contributed by atoms with Gasteiger partial charge in [-0.1, -0.05) is 173 Å². The molecule has 0 N–H and O–H groups in total. The molecular formula is C66H65BN5OPt-3. The van der Waals surface area contributed by atoms with E-state index in [1.165, 1.54) is 38.9 Å². The van der Waals surface area contributed by atoms with E-state index in [0.29, 0.717) is 11.5 Å². The number of ether oxygens (including phenoxy) is 1. The van der Waals surface area contributed by atoms with Gasteiger partial charge in [0.15, 0.2) is 0 Å². The molecule has 11 rings (SSSR count). The molecule has 0 saturated carbocycles. The number of anilines is 3. The van der Waals surface area contributed by atoms with Crippen molar-refractivity contribution in [3.05, 3.63) is 228 Å². The van der Waals surface area contributed by atoms with E-state index in [2.05, 4.69) is 273 Å². The monoisotopic (exact) mass is 1150 g/mol. The van der Waals surface area contributed by atoms with E-state index in [1.54, 1.807) is 0 Å². The molecule has 376 valence electrons. The molecule has 8 aromatic rings. The fraction of sp³-hybridized carbons (Fsp3) is 0.242. The number of fused-ring (bicyclic) bond motifs is 5. The molecule has 0 atom stereocenters. The van der Waals surface area contributed by atoms with Gasteiger partial charge in [0.25, 0.3) is 0 Å². The molecule has 6 aromatic carbocycles. The topological polar surface area (TPSA) is 36.8 Å². The zero-order chi connectivity index (χ0) is 51.2. The van der Waals surface area contributed by atoms with Crippen molar-refractivity contribution in [1.82, 2.24) is 14.4 Å². The second-order valence-electron chi connectivity index (χ2n) is 24.0. The zero-order valence-corrected chi connectivity index (χ0v) is 47.1. The minimum absolute atomic E-state index is 0. The maximum Gasteiger partial charge on any atom is 0.322 e. The summed E-state index contributed by atoms with van der Waals surface area (Å²) in [5.74, 6) is 4.38. The largest absolute Gasteiger partial charge is 0.509 e. The first-order valence-corrected chi connectivity index (χ1v) is 25.7. The third-order valence-corrected chi connectivity index (χ3v) is 14.6. The first-order valence-electron chi connectivity index (χ1n) is 25.7. The zero-order valence-electron chi connectivity index (χ0n) is 44.8. The number of hydrogen-bond acceptors (Lipinski definition) is 5. The van der Waals surface area contributed by atoms with Crippen LogP contribution in [0.4, 0.5) is 17.1 Å². The molecule has 0 bridgehead atoms. The molecule has 0 amide bonds. The average molecular weight is 1150 g/mol. The number of hydrogen-bond donors (Lipinski definition) is 0. The number of para-hydroxylation sites is 3. The van der Waals surface area contributed by atoms with Gasteiger partial charge in [-0.3, -0.25) is 0 Å². The van der Waals surface area contributed by atoms with Crippen molar-refractivity contribution in [2.45, 2.75) is 105 Å². The van der Waals surface area contributed by atoms with E-state index < -0.39 is 0 Å². The molecule has 2 aromatic heterocycles. The first-order chi connectivity index (χ1) is 34.7. The van der Waals surface area contributed by atoms with Gasteiger partial charge in [0.1, 0.15) is 5.82 Å². The van der Waals surface area contributed by atoms with Crippen molar-refractivity contribution in [2.75, 3.05) is 9.80 Å². The SMILES string of the molecule is CC(C)(C)c1cc(C2=CN3C=CC=CB3C(c3ccccc3C(C)(C)C)=C2N2[CH-]N(c3[c-]c(Oc4[c-]c5c(cc4)c4ccccc4n5-c4cc(C(C)(C)C)ccn4)ccc3)c3ccccc32)cc(C(C)(C)C)c1.[Pt]. The summed E-state index contributed by atoms with van der Waals surface area (Å²) in [6, 6.07) is 55.5. The van der Waals surface area contributed by atoms with Crippen LogP contribution in [0.15, 0.2) is 176 Å². The van der Waals surface area contributed by atoms with E-state index >= 15 is 0 Å². The van der Waals surface area contributed by atoms with Crippen LogP contribution in [0.2, 0.25) is 0 Å². The third kappa shape index (κ3) is 9.27. The van der Waals surface area contributed by atoms with Crippen molar-refractivity contribution >= 4 is 56.8 Å². The quantitative estimate of drug-likeness (QED) is 0.117. The van der Waals surface area contributed by atoms with Crippen LogP contribution in [0.3, 0.4) is 0 Å². The standard InChI is InChI=1S/C66H65BN5O.Pt/c1-63(2,3)45-32-34-68-60(39-45)72-56-27-16-14-24-51(56)52-31-30-50(41-59(52)72)73-49-23-21-22-48(40-49)70-43-71(58-29-18-17-28-57(58)70)62-54(44-36-46(64(4,5)6)38-47(37-44)65(7,8)9)42-69-35-20-19-33-67(69)61(62)53-25-13-15-26-55(53)66(10,11)12;/h13-39,42-43H,1-12H3;/q-3;. The summed E-state index contributed by atoms with van der Waals surface area (Å²) < 4.78 is 8.98.